The molecule has 1 aromatic heterocycles. The summed E-state index contributed by atoms with van der Waals surface area (Å²) in [5, 5.41) is 20.8. The lowest BCUT2D eigenvalue weighted by molar-refractivity contribution is -0.131. The van der Waals surface area contributed by atoms with Gasteiger partial charge in [-0.3, -0.25) is 0 Å². The van der Waals surface area contributed by atoms with Crippen molar-refractivity contribution in [2.24, 2.45) is 5.73 Å². The molecule has 76 valence electrons. The number of tetrazole rings is 1. The van der Waals surface area contributed by atoms with Gasteiger partial charge in [-0.1, -0.05) is 18.8 Å². The van der Waals surface area contributed by atoms with Crippen LogP contribution in [-0.4, -0.2) is 36.0 Å². The maximum absolute atomic E-state index is 9.25. The molecule has 4 N–H and O–H groups in total. The van der Waals surface area contributed by atoms with E-state index in [0.29, 0.717) is 9.48 Å². The molecule has 0 unspecified atom stereocenters. The topological polar surface area (TPSA) is 118 Å². The number of thioether (sulfide) groups is 1. The summed E-state index contributed by atoms with van der Waals surface area (Å²) >= 11 is 5.69. The monoisotopic (exact) mass is 233 g/mol. The van der Waals surface area contributed by atoms with Gasteiger partial charge in [0.15, 0.2) is 0 Å². The predicted molar refractivity (Wildman–Crippen MR) is 54.7 cm³/mol. The summed E-state index contributed by atoms with van der Waals surface area (Å²) in [6.07, 6.45) is 0.833. The lowest BCUT2D eigenvalue weighted by Gasteiger charge is -1.86. The number of nitrogens with one attached hydrogen (secondary N) is 1. The number of nitrogens with two attached hydrogens (primary N) is 1. The van der Waals surface area contributed by atoms with Crippen molar-refractivity contribution < 1.29 is 9.90 Å². The Morgan fingerprint density at radius 1 is 1.79 bits per heavy atom. The number of carboxylic acid groups (broad SMARTS) is 1. The average molecular weight is 233 g/mol. The zero-order chi connectivity index (χ0) is 11.0. The number of nitrogens with zero attached hydrogens (tertiary/aromatic N) is 3. The number of H-pyrrole nitrogens is 1. The molecular formula is C5H7N5O2S2. The van der Waals surface area contributed by atoms with E-state index in [0.717, 1.165) is 17.8 Å². The lowest BCUT2D eigenvalue weighted by atomic mass is 10.7. The largest absolute Gasteiger partial charge is 0.478 e. The van der Waals surface area contributed by atoms with Crippen molar-refractivity contribution in [1.29, 1.82) is 0 Å². The van der Waals surface area contributed by atoms with E-state index in [1.165, 1.54) is 0 Å². The Morgan fingerprint density at radius 3 is 2.64 bits per heavy atom. The minimum Gasteiger partial charge on any atom is -0.478 e. The van der Waals surface area contributed by atoms with Crippen LogP contribution in [0.15, 0.2) is 17.8 Å². The maximum atomic E-state index is 9.25. The molecular weight excluding hydrogens is 226 g/mol. The zero-order valence-corrected chi connectivity index (χ0v) is 8.51. The first-order chi connectivity index (χ1) is 6.56. The van der Waals surface area contributed by atoms with Crippen molar-refractivity contribution in [1.82, 2.24) is 20.6 Å². The summed E-state index contributed by atoms with van der Waals surface area (Å²) in [4.78, 5) is 9.25. The van der Waals surface area contributed by atoms with Crippen LogP contribution in [0.1, 0.15) is 0 Å². The van der Waals surface area contributed by atoms with Crippen molar-refractivity contribution in [2.45, 2.75) is 5.16 Å². The highest BCUT2D eigenvalue weighted by Crippen LogP contribution is 2.08. The molecule has 0 saturated heterocycles. The van der Waals surface area contributed by atoms with Crippen molar-refractivity contribution in [3.05, 3.63) is 12.7 Å². The molecule has 0 radical (unpaired) electrons. The van der Waals surface area contributed by atoms with Crippen molar-refractivity contribution in [3.8, 4) is 0 Å². The van der Waals surface area contributed by atoms with E-state index in [-0.39, 0.29) is 0 Å². The number of hydrogen-bond acceptors (Lipinski definition) is 6. The van der Waals surface area contributed by atoms with Crippen LogP contribution in [0.2, 0.25) is 0 Å². The fourth-order valence-electron chi connectivity index (χ4n) is 0.289. The SMILES string of the molecule is C=CC(=O)O.NC(=S)Sc1nnn[nH]1. The number of carboxylic acids is 1. The van der Waals surface area contributed by atoms with E-state index in [2.05, 4.69) is 39.4 Å². The highest BCUT2D eigenvalue weighted by Gasteiger charge is 1.97. The van der Waals surface area contributed by atoms with E-state index in [1.807, 2.05) is 0 Å². The Balaban J connectivity index is 0.000000292. The summed E-state index contributed by atoms with van der Waals surface area (Å²) in [5.74, 6) is -0.981. The first kappa shape index (κ1) is 12.5. The van der Waals surface area contributed by atoms with E-state index >= 15 is 0 Å². The van der Waals surface area contributed by atoms with Gasteiger partial charge in [-0.25, -0.2) is 9.89 Å². The van der Waals surface area contributed by atoms with Crippen LogP contribution in [0.5, 0.6) is 0 Å². The number of aliphatic carboxylic acids is 1. The number of rotatable bonds is 2. The Morgan fingerprint density at radius 2 is 2.36 bits per heavy atom. The van der Waals surface area contributed by atoms with Gasteiger partial charge < -0.3 is 10.8 Å². The van der Waals surface area contributed by atoms with Crippen LogP contribution in [0.4, 0.5) is 0 Å². The second-order valence-electron chi connectivity index (χ2n) is 1.67. The summed E-state index contributed by atoms with van der Waals surface area (Å²) < 4.78 is 0.300. The molecule has 0 aliphatic rings. The normalized spacial score (nSPS) is 8.29. The molecule has 0 fully saturated rings. The van der Waals surface area contributed by atoms with E-state index in [1.54, 1.807) is 0 Å². The number of aromatic amines is 1. The van der Waals surface area contributed by atoms with Crippen LogP contribution < -0.4 is 5.73 Å². The molecule has 1 rings (SSSR count). The van der Waals surface area contributed by atoms with E-state index < -0.39 is 5.97 Å². The molecule has 0 saturated carbocycles. The first-order valence-electron chi connectivity index (χ1n) is 3.12. The van der Waals surface area contributed by atoms with Gasteiger partial charge in [-0.05, 0) is 22.2 Å². The zero-order valence-electron chi connectivity index (χ0n) is 6.88. The molecule has 1 aromatic rings. The van der Waals surface area contributed by atoms with Crippen molar-refractivity contribution in [2.75, 3.05) is 0 Å². The molecule has 0 aromatic carbocycles. The number of carbonyl (C=O) groups is 1. The third-order valence-electron chi connectivity index (χ3n) is 0.698. The standard InChI is InChI=1S/C3H4O2.C2H3N5S2/c1-2-3(4)5;3-1(8)9-2-4-6-7-5-2/h2H,1H2,(H,4,5);(H2,3,8)(H,4,5,6,7). The smallest absolute Gasteiger partial charge is 0.327 e. The highest BCUT2D eigenvalue weighted by molar-refractivity contribution is 8.22. The van der Waals surface area contributed by atoms with Crippen LogP contribution in [0.25, 0.3) is 0 Å². The molecule has 14 heavy (non-hydrogen) atoms. The minimum atomic E-state index is -0.981. The predicted octanol–water partition coefficient (Wildman–Crippen LogP) is -0.208. The summed E-state index contributed by atoms with van der Waals surface area (Å²) in [7, 11) is 0. The average Bonchev–Trinajstić information content (AvgIpc) is 2.57. The number of aromatic nitrogens is 4. The first-order valence-corrected chi connectivity index (χ1v) is 4.35. The van der Waals surface area contributed by atoms with Gasteiger partial charge in [-0.2, -0.15) is 0 Å². The van der Waals surface area contributed by atoms with Crippen LogP contribution in [0, 0.1) is 0 Å². The molecule has 0 amide bonds. The Labute approximate surface area is 88.8 Å². The fraction of sp³-hybridized carbons (Fsp3) is 0. The minimum absolute atomic E-state index is 0.300. The quantitative estimate of drug-likeness (QED) is 0.365. The third-order valence-corrected chi connectivity index (χ3v) is 1.52. The molecule has 1 heterocycles. The molecule has 9 heteroatoms. The van der Waals surface area contributed by atoms with Gasteiger partial charge in [0.25, 0.3) is 0 Å². The second kappa shape index (κ2) is 6.97. The molecule has 0 aliphatic heterocycles. The van der Waals surface area contributed by atoms with Crippen LogP contribution in [0.3, 0.4) is 0 Å². The second-order valence-corrected chi connectivity index (χ2v) is 3.40. The van der Waals surface area contributed by atoms with Crippen LogP contribution >= 0.6 is 24.0 Å². The van der Waals surface area contributed by atoms with Crippen LogP contribution in [-0.2, 0) is 4.79 Å². The van der Waals surface area contributed by atoms with Gasteiger partial charge in [0, 0.05) is 6.08 Å². The Kier molecular flexibility index (Phi) is 6.24. The molecule has 0 spiro atoms. The highest BCUT2D eigenvalue weighted by atomic mass is 32.2. The molecule has 0 aliphatic carbocycles. The van der Waals surface area contributed by atoms with Crippen molar-refractivity contribution in [3.63, 3.8) is 0 Å². The van der Waals surface area contributed by atoms with E-state index in [9.17, 15) is 4.79 Å². The summed E-state index contributed by atoms with van der Waals surface area (Å²) in [6, 6.07) is 0. The van der Waals surface area contributed by atoms with Gasteiger partial charge in [0.2, 0.25) is 5.16 Å². The molecule has 7 nitrogen and oxygen atoms in total. The van der Waals surface area contributed by atoms with Gasteiger partial charge >= 0.3 is 5.97 Å². The summed E-state index contributed by atoms with van der Waals surface area (Å²) in [6.45, 7) is 2.96. The maximum Gasteiger partial charge on any atom is 0.327 e. The lowest BCUT2D eigenvalue weighted by Crippen LogP contribution is -2.01. The molecule has 0 bridgehead atoms. The number of thiocarbonyl (C=S) groups is 1. The van der Waals surface area contributed by atoms with Crippen molar-refractivity contribution >= 4 is 34.3 Å². The molecule has 0 atom stereocenters. The van der Waals surface area contributed by atoms with Gasteiger partial charge in [0.05, 0.1) is 0 Å². The number of hydrogen-bond donors (Lipinski definition) is 3. The fourth-order valence-corrected chi connectivity index (χ4v) is 0.880. The third kappa shape index (κ3) is 7.18. The Hall–Kier alpha value is -1.48. The van der Waals surface area contributed by atoms with Gasteiger partial charge in [0.1, 0.15) is 4.32 Å². The van der Waals surface area contributed by atoms with Gasteiger partial charge in [-0.15, -0.1) is 5.10 Å². The Bertz CT molecular complexity index is 312. The summed E-state index contributed by atoms with van der Waals surface area (Å²) in [5.41, 5.74) is 5.16. The van der Waals surface area contributed by atoms with E-state index in [4.69, 9.17) is 10.8 Å².